The molecule has 0 aromatic carbocycles. The van der Waals surface area contributed by atoms with Crippen molar-refractivity contribution in [2.45, 2.75) is 56.2 Å². The zero-order chi connectivity index (χ0) is 20.7. The van der Waals surface area contributed by atoms with E-state index in [1.165, 1.54) is 6.08 Å². The number of aliphatic hydroxyl groups is 2. The number of alkyl halides is 2. The number of hydrogen-bond donors (Lipinski definition) is 2. The third kappa shape index (κ3) is 2.03. The van der Waals surface area contributed by atoms with E-state index >= 15 is 4.39 Å². The van der Waals surface area contributed by atoms with Gasteiger partial charge in [-0.15, -0.1) is 11.6 Å². The molecule has 0 aliphatic heterocycles. The van der Waals surface area contributed by atoms with E-state index in [9.17, 15) is 19.8 Å². The number of rotatable bonds is 2. The summed E-state index contributed by atoms with van der Waals surface area (Å²) >= 11 is 7.15. The van der Waals surface area contributed by atoms with Gasteiger partial charge in [-0.3, -0.25) is 9.59 Å². The Morgan fingerprint density at radius 1 is 1.39 bits per heavy atom. The molecule has 0 aromatic heterocycles. The average Bonchev–Trinajstić information content (AvgIpc) is 2.84. The van der Waals surface area contributed by atoms with Gasteiger partial charge in [0.05, 0.1) is 4.87 Å². The third-order valence-electron chi connectivity index (χ3n) is 8.34. The summed E-state index contributed by atoms with van der Waals surface area (Å²) in [4.78, 5) is 23.1. The Morgan fingerprint density at radius 2 is 2.07 bits per heavy atom. The summed E-state index contributed by atoms with van der Waals surface area (Å²) < 4.78 is 15.9. The second-order valence-electron chi connectivity index (χ2n) is 9.32. The monoisotopic (exact) mass is 408 g/mol. The fraction of sp³-hybridized carbons (Fsp3) is 0.636. The molecule has 3 saturated carbocycles. The number of hydrogen-bond acceptors (Lipinski definition) is 4. The molecule has 4 aliphatic carbocycles. The van der Waals surface area contributed by atoms with Crippen molar-refractivity contribution in [3.05, 3.63) is 36.0 Å². The highest BCUT2D eigenvalue weighted by Gasteiger charge is 2.74. The van der Waals surface area contributed by atoms with Crippen LogP contribution in [0.5, 0.6) is 0 Å². The van der Waals surface area contributed by atoms with Gasteiger partial charge < -0.3 is 10.2 Å². The van der Waals surface area contributed by atoms with Crippen LogP contribution in [0.15, 0.2) is 36.0 Å². The summed E-state index contributed by atoms with van der Waals surface area (Å²) in [5.74, 6) is -1.39. The van der Waals surface area contributed by atoms with E-state index in [1.807, 2.05) is 6.92 Å². The lowest BCUT2D eigenvalue weighted by molar-refractivity contribution is -0.162. The first-order chi connectivity index (χ1) is 13.0. The highest BCUT2D eigenvalue weighted by molar-refractivity contribution is 6.26. The summed E-state index contributed by atoms with van der Waals surface area (Å²) in [6.07, 6.45) is 4.69. The lowest BCUT2D eigenvalue weighted by atomic mass is 9.46. The van der Waals surface area contributed by atoms with Gasteiger partial charge in [-0.1, -0.05) is 32.1 Å². The zero-order valence-corrected chi connectivity index (χ0v) is 16.9. The average molecular weight is 409 g/mol. The topological polar surface area (TPSA) is 74.6 Å². The molecule has 6 heteroatoms. The molecule has 152 valence electrons. The van der Waals surface area contributed by atoms with Gasteiger partial charge >= 0.3 is 0 Å². The van der Waals surface area contributed by atoms with Gasteiger partial charge in [0.25, 0.3) is 0 Å². The second kappa shape index (κ2) is 5.87. The predicted molar refractivity (Wildman–Crippen MR) is 104 cm³/mol. The van der Waals surface area contributed by atoms with Crippen molar-refractivity contribution in [2.24, 2.45) is 22.7 Å². The molecule has 0 aromatic rings. The van der Waals surface area contributed by atoms with E-state index in [2.05, 4.69) is 6.58 Å². The van der Waals surface area contributed by atoms with Gasteiger partial charge in [0, 0.05) is 10.8 Å². The van der Waals surface area contributed by atoms with Crippen LogP contribution in [0.4, 0.5) is 4.39 Å². The van der Waals surface area contributed by atoms with Crippen molar-refractivity contribution in [3.8, 4) is 0 Å². The molecule has 1 unspecified atom stereocenters. The van der Waals surface area contributed by atoms with Crippen LogP contribution >= 0.6 is 11.6 Å². The molecule has 0 heterocycles. The van der Waals surface area contributed by atoms with Gasteiger partial charge in [0.2, 0.25) is 0 Å². The lowest BCUT2D eigenvalue weighted by Gasteiger charge is -2.63. The Bertz CT molecular complexity index is 849. The molecule has 0 bridgehead atoms. The van der Waals surface area contributed by atoms with Crippen LogP contribution < -0.4 is 0 Å². The molecule has 4 nitrogen and oxygen atoms in total. The SMILES string of the molecule is C=C1C[C@H]2[C@@H]3CCC4=CC(=O)C=C[C@]4(C)[C@@]3(Cl)C(F)C[C@]2(C)[C@@]1(O)C(=O)CO. The third-order valence-corrected chi connectivity index (χ3v) is 9.25. The normalized spacial score (nSPS) is 49.9. The van der Waals surface area contributed by atoms with Crippen LogP contribution in [0.1, 0.15) is 39.5 Å². The van der Waals surface area contributed by atoms with Crippen molar-refractivity contribution < 1.29 is 24.2 Å². The van der Waals surface area contributed by atoms with E-state index in [0.29, 0.717) is 24.8 Å². The number of carbonyl (C=O) groups excluding carboxylic acids is 2. The zero-order valence-electron chi connectivity index (χ0n) is 16.2. The van der Waals surface area contributed by atoms with Gasteiger partial charge in [0.1, 0.15) is 12.8 Å². The van der Waals surface area contributed by atoms with Gasteiger partial charge in [0.15, 0.2) is 17.2 Å². The summed E-state index contributed by atoms with van der Waals surface area (Å²) in [6, 6.07) is 0. The molecular weight excluding hydrogens is 383 g/mol. The van der Waals surface area contributed by atoms with Crippen LogP contribution in [0.25, 0.3) is 0 Å². The molecule has 4 aliphatic rings. The maximum Gasteiger partial charge on any atom is 0.194 e. The molecule has 2 N–H and O–H groups in total. The van der Waals surface area contributed by atoms with Crippen LogP contribution in [-0.4, -0.2) is 45.0 Å². The molecule has 0 spiro atoms. The van der Waals surface area contributed by atoms with Crippen LogP contribution in [0.2, 0.25) is 0 Å². The second-order valence-corrected chi connectivity index (χ2v) is 9.94. The van der Waals surface area contributed by atoms with Crippen molar-refractivity contribution in [1.29, 1.82) is 0 Å². The largest absolute Gasteiger partial charge is 0.388 e. The highest BCUT2D eigenvalue weighted by Crippen LogP contribution is 2.71. The van der Waals surface area contributed by atoms with Crippen molar-refractivity contribution in [2.75, 3.05) is 6.61 Å². The molecular formula is C22H26ClFO4. The highest BCUT2D eigenvalue weighted by atomic mass is 35.5. The maximum atomic E-state index is 15.9. The number of Topliss-reactive ketones (excluding diaryl/α,β-unsaturated/α-hetero) is 1. The van der Waals surface area contributed by atoms with Crippen LogP contribution in [0.3, 0.4) is 0 Å². The first kappa shape index (κ1) is 20.0. The van der Waals surface area contributed by atoms with Gasteiger partial charge in [-0.05, 0) is 55.2 Å². The molecule has 0 amide bonds. The van der Waals surface area contributed by atoms with Crippen LogP contribution in [0, 0.1) is 22.7 Å². The minimum absolute atomic E-state index is 0.108. The minimum Gasteiger partial charge on any atom is -0.388 e. The van der Waals surface area contributed by atoms with Crippen LogP contribution in [-0.2, 0) is 9.59 Å². The molecule has 3 fully saturated rings. The summed E-state index contributed by atoms with van der Waals surface area (Å²) in [5.41, 5.74) is -2.68. The maximum absolute atomic E-state index is 15.9. The van der Waals surface area contributed by atoms with Crippen molar-refractivity contribution in [3.63, 3.8) is 0 Å². The first-order valence-electron chi connectivity index (χ1n) is 9.79. The lowest BCUT2D eigenvalue weighted by Crippen LogP contribution is -2.67. The van der Waals surface area contributed by atoms with Crippen molar-refractivity contribution >= 4 is 23.2 Å². The Labute approximate surface area is 169 Å². The molecule has 0 radical (unpaired) electrons. The predicted octanol–water partition coefficient (Wildman–Crippen LogP) is 3.06. The number of carbonyl (C=O) groups is 2. The molecule has 0 saturated heterocycles. The van der Waals surface area contributed by atoms with E-state index in [1.54, 1.807) is 19.1 Å². The first-order valence-corrected chi connectivity index (χ1v) is 10.2. The number of ketones is 2. The minimum atomic E-state index is -1.95. The van der Waals surface area contributed by atoms with Gasteiger partial charge in [-0.2, -0.15) is 0 Å². The van der Waals surface area contributed by atoms with Gasteiger partial charge in [-0.25, -0.2) is 4.39 Å². The Balaban J connectivity index is 1.85. The quantitative estimate of drug-likeness (QED) is 0.544. The van der Waals surface area contributed by atoms with E-state index in [4.69, 9.17) is 11.6 Å². The van der Waals surface area contributed by atoms with E-state index in [0.717, 1.165) is 5.57 Å². The Hall–Kier alpha value is -1.30. The van der Waals surface area contributed by atoms with E-state index < -0.39 is 39.9 Å². The number of allylic oxidation sites excluding steroid dienone is 4. The number of fused-ring (bicyclic) bond motifs is 5. The summed E-state index contributed by atoms with van der Waals surface area (Å²) in [6.45, 7) is 6.71. The van der Waals surface area contributed by atoms with E-state index in [-0.39, 0.29) is 24.0 Å². The smallest absolute Gasteiger partial charge is 0.194 e. The fourth-order valence-electron chi connectivity index (χ4n) is 6.74. The Morgan fingerprint density at radius 3 is 2.71 bits per heavy atom. The summed E-state index contributed by atoms with van der Waals surface area (Å²) in [7, 11) is 0. The molecule has 28 heavy (non-hydrogen) atoms. The summed E-state index contributed by atoms with van der Waals surface area (Å²) in [5, 5.41) is 20.8. The standard InChI is InChI=1S/C22H26ClFO4/c1-12-8-16-15-5-4-13-9-14(26)6-7-19(13,2)21(15,23)17(24)10-20(16,3)22(12,28)18(27)11-25/h6-7,9,15-17,25,28H,1,4-5,8,10-11H2,2-3H3/t15-,16-,17?,19-,20-,21-,22-/m0/s1. The fourth-order valence-corrected chi connectivity index (χ4v) is 7.26. The Kier molecular flexibility index (Phi) is 4.19. The molecule has 7 atom stereocenters. The number of aliphatic hydroxyl groups excluding tert-OH is 1. The van der Waals surface area contributed by atoms with Crippen molar-refractivity contribution in [1.82, 2.24) is 0 Å². The number of halogens is 2. The molecule has 4 rings (SSSR count).